The molecule has 6 heteroatoms. The first-order valence-corrected chi connectivity index (χ1v) is 7.86. The zero-order valence-corrected chi connectivity index (χ0v) is 12.4. The van der Waals surface area contributed by atoms with Crippen molar-refractivity contribution in [2.45, 2.75) is 50.7 Å². The van der Waals surface area contributed by atoms with Crippen molar-refractivity contribution in [3.63, 3.8) is 0 Å². The monoisotopic (exact) mass is 290 g/mol. The number of nitrogens with zero attached hydrogens (tertiary/aromatic N) is 3. The third kappa shape index (κ3) is 2.51. The average Bonchev–Trinajstić information content (AvgIpc) is 3.01. The van der Waals surface area contributed by atoms with E-state index in [1.807, 2.05) is 11.8 Å². The molecule has 3 aliphatic heterocycles. The minimum atomic E-state index is -0.316. The van der Waals surface area contributed by atoms with Crippen LogP contribution in [0.15, 0.2) is 0 Å². The van der Waals surface area contributed by atoms with Crippen LogP contribution in [-0.4, -0.2) is 59.4 Å². The Kier molecular flexibility index (Phi) is 3.85. The molecule has 0 aromatic rings. The number of nitriles is 1. The third-order valence-corrected chi connectivity index (χ3v) is 5.03. The molecule has 0 bridgehead atoms. The van der Waals surface area contributed by atoms with E-state index in [1.165, 1.54) is 0 Å². The van der Waals surface area contributed by atoms with Crippen LogP contribution in [0.2, 0.25) is 0 Å². The summed E-state index contributed by atoms with van der Waals surface area (Å²) in [6.45, 7) is 4.34. The molecule has 6 nitrogen and oxygen atoms in total. The summed E-state index contributed by atoms with van der Waals surface area (Å²) >= 11 is 0. The Morgan fingerprint density at radius 1 is 1.19 bits per heavy atom. The first kappa shape index (κ1) is 14.3. The van der Waals surface area contributed by atoms with E-state index in [0.29, 0.717) is 13.0 Å². The Morgan fingerprint density at radius 3 is 2.57 bits per heavy atom. The van der Waals surface area contributed by atoms with E-state index in [-0.39, 0.29) is 35.9 Å². The number of hydrogen-bond donors (Lipinski definition) is 1. The molecule has 4 atom stereocenters. The molecule has 3 heterocycles. The van der Waals surface area contributed by atoms with E-state index in [2.05, 4.69) is 11.4 Å². The van der Waals surface area contributed by atoms with Crippen molar-refractivity contribution in [1.82, 2.24) is 15.1 Å². The van der Waals surface area contributed by atoms with Crippen LogP contribution in [0.4, 0.5) is 0 Å². The summed E-state index contributed by atoms with van der Waals surface area (Å²) < 4.78 is 0. The number of rotatable bonds is 2. The summed E-state index contributed by atoms with van der Waals surface area (Å²) in [6, 6.07) is 1.62. The molecule has 1 N–H and O–H groups in total. The summed E-state index contributed by atoms with van der Waals surface area (Å²) in [5, 5.41) is 12.4. The molecule has 21 heavy (non-hydrogen) atoms. The number of carbonyl (C=O) groups is 2. The Labute approximate surface area is 125 Å². The largest absolute Gasteiger partial charge is 0.342 e. The van der Waals surface area contributed by atoms with Gasteiger partial charge >= 0.3 is 0 Å². The maximum Gasteiger partial charge on any atom is 0.240 e. The fraction of sp³-hybridized carbons (Fsp3) is 0.800. The van der Waals surface area contributed by atoms with Crippen LogP contribution in [0.5, 0.6) is 0 Å². The molecule has 0 saturated carbocycles. The van der Waals surface area contributed by atoms with Crippen LogP contribution in [0.3, 0.4) is 0 Å². The Morgan fingerprint density at radius 2 is 1.95 bits per heavy atom. The minimum absolute atomic E-state index is 0.00944. The second kappa shape index (κ2) is 5.64. The lowest BCUT2D eigenvalue weighted by molar-refractivity contribution is -0.139. The molecule has 3 fully saturated rings. The number of hydrogen-bond acceptors (Lipinski definition) is 4. The third-order valence-electron chi connectivity index (χ3n) is 5.03. The number of nitrogens with one attached hydrogen (secondary N) is 1. The van der Waals surface area contributed by atoms with E-state index >= 15 is 0 Å². The fourth-order valence-corrected chi connectivity index (χ4v) is 3.58. The first-order valence-electron chi connectivity index (χ1n) is 7.86. The number of carbonyl (C=O) groups excluding carboxylic acids is 2. The van der Waals surface area contributed by atoms with E-state index < -0.39 is 0 Å². The first-order chi connectivity index (χ1) is 10.1. The normalized spacial score (nSPS) is 35.4. The second-order valence-corrected chi connectivity index (χ2v) is 6.35. The van der Waals surface area contributed by atoms with Gasteiger partial charge in [-0.15, -0.1) is 0 Å². The van der Waals surface area contributed by atoms with E-state index in [0.717, 1.165) is 32.4 Å². The molecule has 2 amide bonds. The van der Waals surface area contributed by atoms with Crippen LogP contribution in [0, 0.1) is 17.2 Å². The summed E-state index contributed by atoms with van der Waals surface area (Å²) in [4.78, 5) is 28.5. The molecule has 0 aromatic heterocycles. The maximum atomic E-state index is 12.6. The fourth-order valence-electron chi connectivity index (χ4n) is 3.58. The Balaban J connectivity index is 1.64. The maximum absolute atomic E-state index is 12.6. The summed E-state index contributed by atoms with van der Waals surface area (Å²) in [7, 11) is 0. The molecule has 114 valence electrons. The highest BCUT2D eigenvalue weighted by molar-refractivity contribution is 5.86. The van der Waals surface area contributed by atoms with Crippen molar-refractivity contribution in [1.29, 1.82) is 5.26 Å². The molecule has 3 saturated heterocycles. The van der Waals surface area contributed by atoms with Crippen LogP contribution in [-0.2, 0) is 9.59 Å². The molecule has 0 radical (unpaired) electrons. The zero-order chi connectivity index (χ0) is 15.0. The smallest absolute Gasteiger partial charge is 0.240 e. The Hall–Kier alpha value is -1.61. The van der Waals surface area contributed by atoms with Gasteiger partial charge < -0.3 is 15.1 Å². The molecular formula is C15H22N4O2. The topological polar surface area (TPSA) is 76.4 Å². The highest BCUT2D eigenvalue weighted by Crippen LogP contribution is 2.27. The van der Waals surface area contributed by atoms with Gasteiger partial charge in [-0.2, -0.15) is 5.26 Å². The molecule has 0 unspecified atom stereocenters. The minimum Gasteiger partial charge on any atom is -0.342 e. The van der Waals surface area contributed by atoms with E-state index in [9.17, 15) is 9.59 Å². The van der Waals surface area contributed by atoms with Gasteiger partial charge in [-0.1, -0.05) is 0 Å². The van der Waals surface area contributed by atoms with Crippen LogP contribution >= 0.6 is 0 Å². The van der Waals surface area contributed by atoms with Gasteiger partial charge in [0, 0.05) is 25.7 Å². The van der Waals surface area contributed by atoms with Gasteiger partial charge in [0.1, 0.15) is 6.04 Å². The standard InChI is InChI=1S/C15H22N4O2/c1-10-12(14(20)18-5-3-6-18)8-13(17-10)15(21)19-7-2-4-11(19)9-16/h10-13,17H,2-8H2,1H3/t10-,11-,12-,13-/m0/s1. The van der Waals surface area contributed by atoms with Gasteiger partial charge in [-0.25, -0.2) is 0 Å². The lowest BCUT2D eigenvalue weighted by Gasteiger charge is -2.34. The van der Waals surface area contributed by atoms with Gasteiger partial charge in [0.2, 0.25) is 11.8 Å². The molecule has 0 aliphatic carbocycles. The van der Waals surface area contributed by atoms with Gasteiger partial charge in [0.05, 0.1) is 18.0 Å². The summed E-state index contributed by atoms with van der Waals surface area (Å²) in [6.07, 6.45) is 3.30. The van der Waals surface area contributed by atoms with Crippen molar-refractivity contribution < 1.29 is 9.59 Å². The predicted molar refractivity (Wildman–Crippen MR) is 76.0 cm³/mol. The highest BCUT2D eigenvalue weighted by Gasteiger charge is 2.44. The van der Waals surface area contributed by atoms with Crippen molar-refractivity contribution in [3.8, 4) is 6.07 Å². The molecule has 3 rings (SSSR count). The van der Waals surface area contributed by atoms with E-state index in [1.54, 1.807) is 4.90 Å². The predicted octanol–water partition coefficient (Wildman–Crippen LogP) is 0.0999. The van der Waals surface area contributed by atoms with Crippen molar-refractivity contribution in [2.24, 2.45) is 5.92 Å². The summed E-state index contributed by atoms with van der Waals surface area (Å²) in [5.74, 6) is 0.0574. The SMILES string of the molecule is C[C@@H]1N[C@H](C(=O)N2CCC[C@H]2C#N)C[C@@H]1C(=O)N1CCC1. The number of amides is 2. The molecule has 3 aliphatic rings. The zero-order valence-electron chi connectivity index (χ0n) is 12.4. The van der Waals surface area contributed by atoms with Crippen molar-refractivity contribution >= 4 is 11.8 Å². The lowest BCUT2D eigenvalue weighted by Crippen LogP contribution is -2.47. The highest BCUT2D eigenvalue weighted by atomic mass is 16.2. The Bertz CT molecular complexity index is 483. The molecule has 0 aromatic carbocycles. The van der Waals surface area contributed by atoms with Crippen LogP contribution < -0.4 is 5.32 Å². The van der Waals surface area contributed by atoms with Gasteiger partial charge in [-0.3, -0.25) is 9.59 Å². The van der Waals surface area contributed by atoms with Crippen molar-refractivity contribution in [2.75, 3.05) is 19.6 Å². The molecular weight excluding hydrogens is 268 g/mol. The van der Waals surface area contributed by atoms with Gasteiger partial charge in [0.15, 0.2) is 0 Å². The lowest BCUT2D eigenvalue weighted by atomic mass is 9.96. The van der Waals surface area contributed by atoms with Gasteiger partial charge in [-0.05, 0) is 32.6 Å². The van der Waals surface area contributed by atoms with E-state index in [4.69, 9.17) is 5.26 Å². The second-order valence-electron chi connectivity index (χ2n) is 6.35. The van der Waals surface area contributed by atoms with Crippen LogP contribution in [0.1, 0.15) is 32.6 Å². The number of likely N-dealkylation sites (tertiary alicyclic amines) is 2. The quantitative estimate of drug-likeness (QED) is 0.782. The summed E-state index contributed by atoms with van der Waals surface area (Å²) in [5.41, 5.74) is 0. The van der Waals surface area contributed by atoms with Crippen molar-refractivity contribution in [3.05, 3.63) is 0 Å². The van der Waals surface area contributed by atoms with Crippen LogP contribution in [0.25, 0.3) is 0 Å². The molecule has 0 spiro atoms. The van der Waals surface area contributed by atoms with Gasteiger partial charge in [0.25, 0.3) is 0 Å². The average molecular weight is 290 g/mol.